The zero-order valence-corrected chi connectivity index (χ0v) is 13.0. The van der Waals surface area contributed by atoms with E-state index in [1.807, 2.05) is 11.3 Å². The van der Waals surface area contributed by atoms with Gasteiger partial charge in [-0.25, -0.2) is 0 Å². The zero-order chi connectivity index (χ0) is 13.8. The lowest BCUT2D eigenvalue weighted by molar-refractivity contribution is 0.471. The smallest absolute Gasteiger partial charge is 0.00683 e. The standard InChI is InChI=1S/C18H23NS/c1-14-5-2-3-6-16(14)11-15(13-19-17-8-9-17)12-18-7-4-10-20-18/h2-7,10,15,17,19H,8-9,11-13H2,1H3. The minimum Gasteiger partial charge on any atom is -0.314 e. The van der Waals surface area contributed by atoms with Crippen LogP contribution >= 0.6 is 11.3 Å². The summed E-state index contributed by atoms with van der Waals surface area (Å²) in [6, 6.07) is 14.1. The van der Waals surface area contributed by atoms with Gasteiger partial charge < -0.3 is 5.32 Å². The molecule has 0 saturated heterocycles. The van der Waals surface area contributed by atoms with Crippen LogP contribution in [0.15, 0.2) is 41.8 Å². The van der Waals surface area contributed by atoms with Crippen molar-refractivity contribution in [1.29, 1.82) is 0 Å². The third-order valence-electron chi connectivity index (χ3n) is 4.11. The van der Waals surface area contributed by atoms with E-state index in [0.29, 0.717) is 5.92 Å². The number of nitrogens with one attached hydrogen (secondary N) is 1. The van der Waals surface area contributed by atoms with Crippen LogP contribution in [-0.4, -0.2) is 12.6 Å². The summed E-state index contributed by atoms with van der Waals surface area (Å²) in [6.45, 7) is 3.38. The maximum Gasteiger partial charge on any atom is 0.00683 e. The molecule has 0 aliphatic heterocycles. The monoisotopic (exact) mass is 285 g/mol. The lowest BCUT2D eigenvalue weighted by Gasteiger charge is -2.18. The fraction of sp³-hybridized carbons (Fsp3) is 0.444. The summed E-state index contributed by atoms with van der Waals surface area (Å²) in [4.78, 5) is 1.51. The first-order chi connectivity index (χ1) is 9.81. The molecule has 0 amide bonds. The molecule has 3 rings (SSSR count). The summed E-state index contributed by atoms with van der Waals surface area (Å²) >= 11 is 1.89. The highest BCUT2D eigenvalue weighted by Gasteiger charge is 2.22. The molecule has 1 fully saturated rings. The molecule has 1 saturated carbocycles. The van der Waals surface area contributed by atoms with Crippen molar-refractivity contribution in [3.05, 3.63) is 57.8 Å². The molecule has 1 nitrogen and oxygen atoms in total. The van der Waals surface area contributed by atoms with Gasteiger partial charge >= 0.3 is 0 Å². The second kappa shape index (κ2) is 6.55. The molecule has 1 aromatic carbocycles. The summed E-state index contributed by atoms with van der Waals surface area (Å²) in [6.07, 6.45) is 5.13. The number of benzene rings is 1. The number of hydrogen-bond donors (Lipinski definition) is 1. The molecule has 0 radical (unpaired) electrons. The normalized spacial score (nSPS) is 16.2. The fourth-order valence-electron chi connectivity index (χ4n) is 2.70. The summed E-state index contributed by atoms with van der Waals surface area (Å²) in [5.74, 6) is 0.704. The highest BCUT2D eigenvalue weighted by atomic mass is 32.1. The zero-order valence-electron chi connectivity index (χ0n) is 12.1. The van der Waals surface area contributed by atoms with Crippen molar-refractivity contribution in [3.8, 4) is 0 Å². The number of aryl methyl sites for hydroxylation is 1. The van der Waals surface area contributed by atoms with Crippen LogP contribution in [-0.2, 0) is 12.8 Å². The van der Waals surface area contributed by atoms with Gasteiger partial charge in [0.1, 0.15) is 0 Å². The van der Waals surface area contributed by atoms with Gasteiger partial charge in [0.2, 0.25) is 0 Å². The van der Waals surface area contributed by atoms with Gasteiger partial charge in [0, 0.05) is 10.9 Å². The molecule has 1 aliphatic carbocycles. The molecule has 1 aliphatic rings. The molecule has 106 valence electrons. The van der Waals surface area contributed by atoms with Gasteiger partial charge in [0.05, 0.1) is 0 Å². The molecule has 1 atom stereocenters. The third-order valence-corrected chi connectivity index (χ3v) is 5.01. The molecule has 2 heteroatoms. The van der Waals surface area contributed by atoms with E-state index in [2.05, 4.69) is 54.0 Å². The number of hydrogen-bond acceptors (Lipinski definition) is 2. The van der Waals surface area contributed by atoms with Crippen molar-refractivity contribution in [2.45, 2.75) is 38.6 Å². The minimum absolute atomic E-state index is 0.704. The van der Waals surface area contributed by atoms with Crippen molar-refractivity contribution < 1.29 is 0 Å². The maximum absolute atomic E-state index is 3.71. The first-order valence-electron chi connectivity index (χ1n) is 7.61. The van der Waals surface area contributed by atoms with E-state index in [-0.39, 0.29) is 0 Å². The van der Waals surface area contributed by atoms with Gasteiger partial charge in [-0.15, -0.1) is 11.3 Å². The van der Waals surface area contributed by atoms with Crippen LogP contribution in [0.4, 0.5) is 0 Å². The predicted octanol–water partition coefficient (Wildman–Crippen LogP) is 4.21. The Morgan fingerprint density at radius 3 is 2.70 bits per heavy atom. The second-order valence-corrected chi connectivity index (χ2v) is 6.99. The maximum atomic E-state index is 3.71. The van der Waals surface area contributed by atoms with Crippen LogP contribution in [0.1, 0.15) is 28.8 Å². The van der Waals surface area contributed by atoms with Crippen LogP contribution in [0.25, 0.3) is 0 Å². The Kier molecular flexibility index (Phi) is 4.54. The second-order valence-electron chi connectivity index (χ2n) is 5.96. The SMILES string of the molecule is Cc1ccccc1CC(CNC1CC1)Cc1cccs1. The number of thiophene rings is 1. The largest absolute Gasteiger partial charge is 0.314 e. The Morgan fingerprint density at radius 1 is 1.15 bits per heavy atom. The van der Waals surface area contributed by atoms with Crippen LogP contribution in [0.5, 0.6) is 0 Å². The summed E-state index contributed by atoms with van der Waals surface area (Å²) in [5.41, 5.74) is 2.93. The first-order valence-corrected chi connectivity index (χ1v) is 8.49. The molecule has 0 bridgehead atoms. The van der Waals surface area contributed by atoms with Gasteiger partial charge in [-0.05, 0) is 67.6 Å². The highest BCUT2D eigenvalue weighted by molar-refractivity contribution is 7.09. The third kappa shape index (κ3) is 3.94. The molecule has 1 aromatic heterocycles. The average Bonchev–Trinajstić information content (AvgIpc) is 3.15. The Morgan fingerprint density at radius 2 is 2.00 bits per heavy atom. The highest BCUT2D eigenvalue weighted by Crippen LogP contribution is 2.22. The molecular weight excluding hydrogens is 262 g/mol. The predicted molar refractivity (Wildman–Crippen MR) is 87.4 cm³/mol. The van der Waals surface area contributed by atoms with Gasteiger partial charge in [-0.3, -0.25) is 0 Å². The van der Waals surface area contributed by atoms with Crippen molar-refractivity contribution in [2.24, 2.45) is 5.92 Å². The van der Waals surface area contributed by atoms with Crippen LogP contribution in [0.2, 0.25) is 0 Å². The van der Waals surface area contributed by atoms with Crippen molar-refractivity contribution in [1.82, 2.24) is 5.32 Å². The summed E-state index contributed by atoms with van der Waals surface area (Å²) in [5, 5.41) is 5.90. The van der Waals surface area contributed by atoms with E-state index in [1.165, 1.54) is 41.7 Å². The lowest BCUT2D eigenvalue weighted by Crippen LogP contribution is -2.27. The summed E-state index contributed by atoms with van der Waals surface area (Å²) in [7, 11) is 0. The van der Waals surface area contributed by atoms with E-state index in [0.717, 1.165) is 12.6 Å². The Hall–Kier alpha value is -1.12. The molecule has 20 heavy (non-hydrogen) atoms. The lowest BCUT2D eigenvalue weighted by atomic mass is 9.93. The van der Waals surface area contributed by atoms with E-state index in [1.54, 1.807) is 0 Å². The van der Waals surface area contributed by atoms with E-state index < -0.39 is 0 Å². The van der Waals surface area contributed by atoms with Gasteiger partial charge in [0.15, 0.2) is 0 Å². The van der Waals surface area contributed by atoms with E-state index >= 15 is 0 Å². The van der Waals surface area contributed by atoms with Gasteiger partial charge in [0.25, 0.3) is 0 Å². The van der Waals surface area contributed by atoms with E-state index in [9.17, 15) is 0 Å². The Bertz CT molecular complexity index is 528. The topological polar surface area (TPSA) is 12.0 Å². The molecule has 1 N–H and O–H groups in total. The Labute approximate surface area is 126 Å². The molecule has 1 unspecified atom stereocenters. The Balaban J connectivity index is 1.65. The van der Waals surface area contributed by atoms with Crippen LogP contribution < -0.4 is 5.32 Å². The molecular formula is C18H23NS. The van der Waals surface area contributed by atoms with E-state index in [4.69, 9.17) is 0 Å². The quantitative estimate of drug-likeness (QED) is 0.803. The minimum atomic E-state index is 0.704. The van der Waals surface area contributed by atoms with Crippen LogP contribution in [0.3, 0.4) is 0 Å². The molecule has 0 spiro atoms. The van der Waals surface area contributed by atoms with Gasteiger partial charge in [-0.2, -0.15) is 0 Å². The average molecular weight is 285 g/mol. The molecule has 1 heterocycles. The van der Waals surface area contributed by atoms with Crippen molar-refractivity contribution >= 4 is 11.3 Å². The first kappa shape index (κ1) is 13.8. The van der Waals surface area contributed by atoms with Crippen molar-refractivity contribution in [3.63, 3.8) is 0 Å². The fourth-order valence-corrected chi connectivity index (χ4v) is 3.52. The summed E-state index contributed by atoms with van der Waals surface area (Å²) < 4.78 is 0. The van der Waals surface area contributed by atoms with Crippen LogP contribution in [0, 0.1) is 12.8 Å². The number of rotatable bonds is 7. The van der Waals surface area contributed by atoms with Gasteiger partial charge in [-0.1, -0.05) is 30.3 Å². The molecule has 2 aromatic rings. The van der Waals surface area contributed by atoms with Crippen molar-refractivity contribution in [2.75, 3.05) is 6.54 Å².